The van der Waals surface area contributed by atoms with E-state index in [9.17, 15) is 8.42 Å². The van der Waals surface area contributed by atoms with E-state index in [4.69, 9.17) is 9.47 Å². The second-order valence-corrected chi connectivity index (χ2v) is 7.56. The first-order valence-electron chi connectivity index (χ1n) is 8.07. The van der Waals surface area contributed by atoms with Crippen molar-refractivity contribution in [2.24, 2.45) is 7.05 Å². The molecule has 0 amide bonds. The molecule has 0 aliphatic carbocycles. The zero-order chi connectivity index (χ0) is 19.4. The lowest BCUT2D eigenvalue weighted by Crippen LogP contribution is -2.23. The Labute approximate surface area is 157 Å². The van der Waals surface area contributed by atoms with Gasteiger partial charge in [0, 0.05) is 49.4 Å². The van der Waals surface area contributed by atoms with Crippen LogP contribution in [0, 0.1) is 0 Å². The van der Waals surface area contributed by atoms with Crippen LogP contribution >= 0.6 is 0 Å². The number of hydrogen-bond donors (Lipinski definition) is 1. The van der Waals surface area contributed by atoms with Crippen molar-refractivity contribution in [3.05, 3.63) is 54.6 Å². The van der Waals surface area contributed by atoms with E-state index in [0.29, 0.717) is 5.75 Å². The van der Waals surface area contributed by atoms with Crippen molar-refractivity contribution in [1.29, 1.82) is 0 Å². The number of ether oxygens (including phenoxy) is 2. The molecule has 2 heterocycles. The highest BCUT2D eigenvalue weighted by Crippen LogP contribution is 2.28. The molecule has 1 aromatic carbocycles. The summed E-state index contributed by atoms with van der Waals surface area (Å²) in [6.45, 7) is 0.0959. The molecule has 0 radical (unpaired) electrons. The van der Waals surface area contributed by atoms with Gasteiger partial charge in [0.1, 0.15) is 16.4 Å². The molecule has 27 heavy (non-hydrogen) atoms. The maximum absolute atomic E-state index is 12.7. The van der Waals surface area contributed by atoms with Crippen LogP contribution in [-0.2, 0) is 23.6 Å². The number of hydrogen-bond acceptors (Lipinski definition) is 6. The largest absolute Gasteiger partial charge is 0.497 e. The third-order valence-corrected chi connectivity index (χ3v) is 5.40. The summed E-state index contributed by atoms with van der Waals surface area (Å²) in [7, 11) is 0.971. The van der Waals surface area contributed by atoms with E-state index < -0.39 is 10.0 Å². The SMILES string of the molecule is COc1ccc(S(=O)(=O)NCc2cncc(-c3cnn(C)c3)c2)c(OC)c1. The summed E-state index contributed by atoms with van der Waals surface area (Å²) in [6, 6.07) is 6.42. The molecule has 0 bridgehead atoms. The standard InChI is InChI=1S/C18H20N4O4S/c1-22-12-15(11-20-22)14-6-13(8-19-10-14)9-21-27(23,24)18-5-4-16(25-2)7-17(18)26-3/h4-8,10-12,21H,9H2,1-3H3. The topological polar surface area (TPSA) is 95.3 Å². The summed E-state index contributed by atoms with van der Waals surface area (Å²) >= 11 is 0. The predicted octanol–water partition coefficient (Wildman–Crippen LogP) is 1.98. The quantitative estimate of drug-likeness (QED) is 0.665. The number of sulfonamides is 1. The molecule has 0 unspecified atom stereocenters. The van der Waals surface area contributed by atoms with E-state index in [1.807, 2.05) is 19.3 Å². The predicted molar refractivity (Wildman–Crippen MR) is 100 cm³/mol. The minimum atomic E-state index is -3.77. The van der Waals surface area contributed by atoms with Gasteiger partial charge in [-0.1, -0.05) is 0 Å². The van der Waals surface area contributed by atoms with Crippen molar-refractivity contribution >= 4 is 10.0 Å². The smallest absolute Gasteiger partial charge is 0.244 e. The van der Waals surface area contributed by atoms with Gasteiger partial charge in [-0.05, 0) is 23.8 Å². The second-order valence-electron chi connectivity index (χ2n) is 5.83. The van der Waals surface area contributed by atoms with Crippen LogP contribution < -0.4 is 14.2 Å². The van der Waals surface area contributed by atoms with Gasteiger partial charge in [-0.3, -0.25) is 9.67 Å². The van der Waals surface area contributed by atoms with Crippen molar-refractivity contribution in [2.45, 2.75) is 11.4 Å². The summed E-state index contributed by atoms with van der Waals surface area (Å²) < 4.78 is 39.9. The van der Waals surface area contributed by atoms with Crippen LogP contribution in [0.5, 0.6) is 11.5 Å². The third-order valence-electron chi connectivity index (χ3n) is 3.96. The second kappa shape index (κ2) is 7.77. The van der Waals surface area contributed by atoms with Crippen LogP contribution in [0.2, 0.25) is 0 Å². The Kier molecular flexibility index (Phi) is 5.43. The van der Waals surface area contributed by atoms with Crippen molar-refractivity contribution in [3.63, 3.8) is 0 Å². The van der Waals surface area contributed by atoms with E-state index in [1.54, 1.807) is 29.3 Å². The van der Waals surface area contributed by atoms with Crippen LogP contribution in [0.3, 0.4) is 0 Å². The first kappa shape index (κ1) is 18.9. The number of benzene rings is 1. The Morgan fingerprint density at radius 2 is 1.89 bits per heavy atom. The average molecular weight is 388 g/mol. The highest BCUT2D eigenvalue weighted by Gasteiger charge is 2.20. The van der Waals surface area contributed by atoms with Crippen LogP contribution in [0.4, 0.5) is 0 Å². The number of pyridine rings is 1. The average Bonchev–Trinajstić information content (AvgIpc) is 3.12. The van der Waals surface area contributed by atoms with E-state index in [0.717, 1.165) is 16.7 Å². The summed E-state index contributed by atoms with van der Waals surface area (Å²) in [5.41, 5.74) is 2.50. The number of nitrogens with zero attached hydrogens (tertiary/aromatic N) is 3. The summed E-state index contributed by atoms with van der Waals surface area (Å²) in [6.07, 6.45) is 6.93. The molecule has 0 saturated heterocycles. The van der Waals surface area contributed by atoms with E-state index in [-0.39, 0.29) is 17.2 Å². The number of aromatic nitrogens is 3. The lowest BCUT2D eigenvalue weighted by atomic mass is 10.1. The molecule has 9 heteroatoms. The fourth-order valence-corrected chi connectivity index (χ4v) is 3.73. The van der Waals surface area contributed by atoms with Crippen LogP contribution in [0.1, 0.15) is 5.56 Å². The van der Waals surface area contributed by atoms with Crippen LogP contribution in [-0.4, -0.2) is 37.4 Å². The Bertz CT molecular complexity index is 1050. The van der Waals surface area contributed by atoms with Gasteiger partial charge in [-0.25, -0.2) is 13.1 Å². The van der Waals surface area contributed by atoms with Gasteiger partial charge < -0.3 is 9.47 Å². The fraction of sp³-hybridized carbons (Fsp3) is 0.222. The molecule has 0 aliphatic rings. The fourth-order valence-electron chi connectivity index (χ4n) is 2.57. The first-order chi connectivity index (χ1) is 12.9. The molecule has 0 atom stereocenters. The van der Waals surface area contributed by atoms with Crippen molar-refractivity contribution in [1.82, 2.24) is 19.5 Å². The van der Waals surface area contributed by atoms with Gasteiger partial charge in [-0.2, -0.15) is 5.10 Å². The highest BCUT2D eigenvalue weighted by atomic mass is 32.2. The van der Waals surface area contributed by atoms with Crippen molar-refractivity contribution in [2.75, 3.05) is 14.2 Å². The Morgan fingerprint density at radius 1 is 1.07 bits per heavy atom. The Balaban J connectivity index is 1.80. The third kappa shape index (κ3) is 4.26. The van der Waals surface area contributed by atoms with E-state index >= 15 is 0 Å². The maximum Gasteiger partial charge on any atom is 0.244 e. The van der Waals surface area contributed by atoms with Crippen LogP contribution in [0.15, 0.2) is 53.9 Å². The molecule has 2 aromatic heterocycles. The molecule has 0 spiro atoms. The molecule has 0 saturated carbocycles. The first-order valence-corrected chi connectivity index (χ1v) is 9.56. The molecule has 1 N–H and O–H groups in total. The molecular weight excluding hydrogens is 368 g/mol. The van der Waals surface area contributed by atoms with Gasteiger partial charge in [-0.15, -0.1) is 0 Å². The lowest BCUT2D eigenvalue weighted by molar-refractivity contribution is 0.386. The molecule has 3 rings (SSSR count). The van der Waals surface area contributed by atoms with Crippen molar-refractivity contribution in [3.8, 4) is 22.6 Å². The number of aryl methyl sites for hydroxylation is 1. The van der Waals surface area contributed by atoms with Gasteiger partial charge in [0.25, 0.3) is 0 Å². The zero-order valence-corrected chi connectivity index (χ0v) is 16.0. The molecular formula is C18H20N4O4S. The number of rotatable bonds is 7. The van der Waals surface area contributed by atoms with Crippen molar-refractivity contribution < 1.29 is 17.9 Å². The van der Waals surface area contributed by atoms with E-state index in [1.165, 1.54) is 26.4 Å². The van der Waals surface area contributed by atoms with Gasteiger partial charge in [0.05, 0.1) is 20.4 Å². The normalized spacial score (nSPS) is 11.4. The summed E-state index contributed by atoms with van der Waals surface area (Å²) in [4.78, 5) is 4.23. The molecule has 142 valence electrons. The Hall–Kier alpha value is -2.91. The molecule has 8 nitrogen and oxygen atoms in total. The number of nitrogens with one attached hydrogen (secondary N) is 1. The minimum absolute atomic E-state index is 0.0437. The summed E-state index contributed by atoms with van der Waals surface area (Å²) in [5, 5.41) is 4.13. The monoisotopic (exact) mass is 388 g/mol. The maximum atomic E-state index is 12.7. The summed E-state index contributed by atoms with van der Waals surface area (Å²) in [5.74, 6) is 0.725. The highest BCUT2D eigenvalue weighted by molar-refractivity contribution is 7.89. The van der Waals surface area contributed by atoms with E-state index in [2.05, 4.69) is 14.8 Å². The van der Waals surface area contributed by atoms with Gasteiger partial charge in [0.2, 0.25) is 10.0 Å². The van der Waals surface area contributed by atoms with Crippen LogP contribution in [0.25, 0.3) is 11.1 Å². The van der Waals surface area contributed by atoms with Gasteiger partial charge in [0.15, 0.2) is 0 Å². The molecule has 0 aliphatic heterocycles. The van der Waals surface area contributed by atoms with Gasteiger partial charge >= 0.3 is 0 Å². The number of methoxy groups -OCH3 is 2. The Morgan fingerprint density at radius 3 is 2.56 bits per heavy atom. The molecule has 3 aromatic rings. The minimum Gasteiger partial charge on any atom is -0.497 e. The molecule has 0 fully saturated rings. The lowest BCUT2D eigenvalue weighted by Gasteiger charge is -2.12. The zero-order valence-electron chi connectivity index (χ0n) is 15.2.